The number of esters is 1. The Morgan fingerprint density at radius 3 is 2.59 bits per heavy atom. The summed E-state index contributed by atoms with van der Waals surface area (Å²) in [5, 5.41) is 2.80. The van der Waals surface area contributed by atoms with Crippen LogP contribution in [0.25, 0.3) is 5.57 Å². The fraction of sp³-hybridized carbons (Fsp3) is 0.219. The minimum atomic E-state index is -0.621. The van der Waals surface area contributed by atoms with Crippen molar-refractivity contribution in [1.82, 2.24) is 10.2 Å². The first-order valence-electron chi connectivity index (χ1n) is 12.8. The van der Waals surface area contributed by atoms with Crippen LogP contribution in [0.1, 0.15) is 56.3 Å². The van der Waals surface area contributed by atoms with Crippen LogP contribution in [0.5, 0.6) is 0 Å². The van der Waals surface area contributed by atoms with E-state index < -0.39 is 23.1 Å². The molecule has 3 aromatic rings. The smallest absolute Gasteiger partial charge is 0.337 e. The second-order valence-electron chi connectivity index (χ2n) is 10.0. The topological polar surface area (TPSA) is 75.7 Å². The minimum absolute atomic E-state index is 0.0623. The van der Waals surface area contributed by atoms with Gasteiger partial charge in [0, 0.05) is 25.0 Å². The first-order valence-corrected chi connectivity index (χ1v) is 12.8. The van der Waals surface area contributed by atoms with Gasteiger partial charge < -0.3 is 15.0 Å². The number of fused-ring (bicyclic) bond motifs is 3. The van der Waals surface area contributed by atoms with Crippen molar-refractivity contribution in [2.45, 2.75) is 25.3 Å². The first-order chi connectivity index (χ1) is 18.8. The summed E-state index contributed by atoms with van der Waals surface area (Å²) in [5.74, 6) is -1.74. The van der Waals surface area contributed by atoms with Crippen LogP contribution in [0.15, 0.2) is 85.0 Å². The number of carbonyl (C=O) groups is 3. The van der Waals surface area contributed by atoms with Gasteiger partial charge in [-0.15, -0.1) is 0 Å². The van der Waals surface area contributed by atoms with Crippen molar-refractivity contribution in [1.29, 1.82) is 0 Å². The number of amides is 2. The number of piperidine rings is 1. The molecule has 39 heavy (non-hydrogen) atoms. The highest BCUT2D eigenvalue weighted by Gasteiger charge is 2.45. The van der Waals surface area contributed by atoms with Gasteiger partial charge in [0.2, 0.25) is 5.91 Å². The highest BCUT2D eigenvalue weighted by molar-refractivity contribution is 5.99. The molecule has 6 nitrogen and oxygen atoms in total. The molecular weight excluding hydrogens is 495 g/mol. The average Bonchev–Trinajstić information content (AvgIpc) is 3.23. The maximum absolute atomic E-state index is 14.9. The van der Waals surface area contributed by atoms with Crippen molar-refractivity contribution in [3.05, 3.63) is 124 Å². The van der Waals surface area contributed by atoms with Crippen LogP contribution in [-0.4, -0.2) is 42.9 Å². The van der Waals surface area contributed by atoms with Crippen LogP contribution in [0.3, 0.4) is 0 Å². The highest BCUT2D eigenvalue weighted by Crippen LogP contribution is 2.53. The number of carbonyl (C=O) groups excluding carboxylic acids is 3. The summed E-state index contributed by atoms with van der Waals surface area (Å²) in [4.78, 5) is 39.7. The Morgan fingerprint density at radius 2 is 1.87 bits per heavy atom. The summed E-state index contributed by atoms with van der Waals surface area (Å²) in [6.07, 6.45) is 1.93. The molecule has 1 N–H and O–H groups in total. The molecule has 0 radical (unpaired) electrons. The van der Waals surface area contributed by atoms with E-state index in [1.807, 2.05) is 42.5 Å². The number of hydrogen-bond donors (Lipinski definition) is 1. The maximum Gasteiger partial charge on any atom is 0.337 e. The largest absolute Gasteiger partial charge is 0.465 e. The first kappa shape index (κ1) is 26.1. The Morgan fingerprint density at radius 1 is 1.10 bits per heavy atom. The van der Waals surface area contributed by atoms with Crippen molar-refractivity contribution in [2.24, 2.45) is 0 Å². The third-order valence-corrected chi connectivity index (χ3v) is 7.78. The van der Waals surface area contributed by atoms with Gasteiger partial charge in [0.15, 0.2) is 0 Å². The van der Waals surface area contributed by atoms with Gasteiger partial charge in [-0.25, -0.2) is 9.18 Å². The third-order valence-electron chi connectivity index (χ3n) is 7.78. The van der Waals surface area contributed by atoms with E-state index in [1.165, 1.54) is 19.3 Å². The molecular formula is C32H29FN2O4. The fourth-order valence-corrected chi connectivity index (χ4v) is 5.61. The van der Waals surface area contributed by atoms with E-state index in [0.29, 0.717) is 30.6 Å². The van der Waals surface area contributed by atoms with E-state index in [9.17, 15) is 18.8 Å². The molecule has 1 heterocycles. The number of nitrogens with zero attached hydrogens (tertiary/aromatic N) is 1. The zero-order valence-electron chi connectivity index (χ0n) is 21.9. The quantitative estimate of drug-likeness (QED) is 0.362. The zero-order valence-corrected chi connectivity index (χ0v) is 21.9. The van der Waals surface area contributed by atoms with Crippen LogP contribution in [0, 0.1) is 5.82 Å². The predicted octanol–water partition coefficient (Wildman–Crippen LogP) is 5.03. The van der Waals surface area contributed by atoms with Crippen molar-refractivity contribution < 1.29 is 23.5 Å². The molecule has 1 atom stereocenters. The summed E-state index contributed by atoms with van der Waals surface area (Å²) < 4.78 is 19.9. The molecule has 1 unspecified atom stereocenters. The minimum Gasteiger partial charge on any atom is -0.465 e. The Hall–Kier alpha value is -4.52. The number of hydrogen-bond acceptors (Lipinski definition) is 4. The number of methoxy groups -OCH3 is 1. The van der Waals surface area contributed by atoms with Crippen molar-refractivity contribution >= 4 is 23.4 Å². The van der Waals surface area contributed by atoms with Crippen molar-refractivity contribution in [3.63, 3.8) is 0 Å². The molecule has 0 spiro atoms. The van der Waals surface area contributed by atoms with Crippen LogP contribution in [0.2, 0.25) is 0 Å². The van der Waals surface area contributed by atoms with E-state index in [2.05, 4.69) is 18.8 Å². The van der Waals surface area contributed by atoms with Gasteiger partial charge in [-0.1, -0.05) is 56.0 Å². The lowest BCUT2D eigenvalue weighted by Crippen LogP contribution is -2.44. The zero-order chi connectivity index (χ0) is 27.7. The lowest BCUT2D eigenvalue weighted by Gasteiger charge is -2.40. The van der Waals surface area contributed by atoms with Crippen LogP contribution in [0.4, 0.5) is 4.39 Å². The van der Waals surface area contributed by atoms with Gasteiger partial charge in [-0.3, -0.25) is 9.59 Å². The molecule has 0 saturated carbocycles. The number of likely N-dealkylation sites (tertiary alicyclic amines) is 1. The van der Waals surface area contributed by atoms with Gasteiger partial charge in [0.1, 0.15) is 5.82 Å². The molecule has 198 valence electrons. The van der Waals surface area contributed by atoms with E-state index in [1.54, 1.807) is 23.1 Å². The van der Waals surface area contributed by atoms with Gasteiger partial charge in [-0.05, 0) is 70.2 Å². The molecule has 7 heteroatoms. The Balaban J connectivity index is 1.59. The van der Waals surface area contributed by atoms with E-state index in [0.717, 1.165) is 27.8 Å². The molecule has 3 aromatic carbocycles. The van der Waals surface area contributed by atoms with Crippen molar-refractivity contribution in [3.8, 4) is 0 Å². The van der Waals surface area contributed by atoms with Crippen LogP contribution < -0.4 is 5.32 Å². The predicted molar refractivity (Wildman–Crippen MR) is 147 cm³/mol. The standard InChI is InChI=1S/C32H29FN2O4/c1-4-28(36)35-15-14-32(2)25-17-22(31(38)39-3)10-12-23(25)29(26(32)19-35)21-11-13-27(33)24(16-21)30(37)34-18-20-8-6-5-7-9-20/h4-13,16-17H,1,14-15,18-19H2,2-3H3,(H,34,37). The van der Waals surface area contributed by atoms with Crippen LogP contribution in [-0.2, 0) is 21.5 Å². The number of nitrogens with one attached hydrogen (secondary N) is 1. The number of rotatable bonds is 6. The summed E-state index contributed by atoms with van der Waals surface area (Å²) >= 11 is 0. The molecule has 1 aliphatic carbocycles. The molecule has 1 aliphatic heterocycles. The van der Waals surface area contributed by atoms with Crippen molar-refractivity contribution in [2.75, 3.05) is 20.2 Å². The number of ether oxygens (including phenoxy) is 1. The van der Waals surface area contributed by atoms with E-state index >= 15 is 0 Å². The lowest BCUT2D eigenvalue weighted by atomic mass is 9.73. The Labute approximate surface area is 226 Å². The van der Waals surface area contributed by atoms with E-state index in [-0.39, 0.29) is 18.0 Å². The summed E-state index contributed by atoms with van der Waals surface area (Å²) in [7, 11) is 1.34. The second-order valence-corrected chi connectivity index (χ2v) is 10.0. The molecule has 2 aliphatic rings. The molecule has 1 saturated heterocycles. The molecule has 0 aromatic heterocycles. The second kappa shape index (κ2) is 10.3. The summed E-state index contributed by atoms with van der Waals surface area (Å²) in [5.41, 5.74) is 5.12. The summed E-state index contributed by atoms with van der Waals surface area (Å²) in [6, 6.07) is 19.4. The highest BCUT2D eigenvalue weighted by atomic mass is 19.1. The number of halogens is 1. The van der Waals surface area contributed by atoms with Gasteiger partial charge in [0.25, 0.3) is 5.91 Å². The SMILES string of the molecule is C=CC(=O)N1CCC2(C)C(=C(c3ccc(F)c(C(=O)NCc4ccccc4)c3)c3ccc(C(=O)OC)cc32)C1. The van der Waals surface area contributed by atoms with Crippen LogP contribution >= 0.6 is 0 Å². The number of benzene rings is 3. The van der Waals surface area contributed by atoms with Gasteiger partial charge in [-0.2, -0.15) is 0 Å². The summed E-state index contributed by atoms with van der Waals surface area (Å²) in [6.45, 7) is 6.88. The molecule has 0 bridgehead atoms. The van der Waals surface area contributed by atoms with E-state index in [4.69, 9.17) is 4.74 Å². The molecule has 5 rings (SSSR count). The third kappa shape index (κ3) is 4.65. The van der Waals surface area contributed by atoms with Gasteiger partial charge >= 0.3 is 5.97 Å². The van der Waals surface area contributed by atoms with Gasteiger partial charge in [0.05, 0.1) is 18.2 Å². The normalized spacial score (nSPS) is 17.8. The lowest BCUT2D eigenvalue weighted by molar-refractivity contribution is -0.126. The Bertz CT molecular complexity index is 1530. The Kier molecular flexibility index (Phi) is 6.91. The fourth-order valence-electron chi connectivity index (χ4n) is 5.61. The maximum atomic E-state index is 14.9. The average molecular weight is 525 g/mol. The molecule has 1 fully saturated rings. The molecule has 2 amide bonds. The monoisotopic (exact) mass is 524 g/mol.